The lowest BCUT2D eigenvalue weighted by atomic mass is 9.97. The van der Waals surface area contributed by atoms with Crippen LogP contribution in [0.4, 0.5) is 5.69 Å². The fraction of sp³-hybridized carbons (Fsp3) is 0.304. The van der Waals surface area contributed by atoms with Gasteiger partial charge in [-0.15, -0.1) is 0 Å². The van der Waals surface area contributed by atoms with Crippen molar-refractivity contribution >= 4 is 16.6 Å². The highest BCUT2D eigenvalue weighted by atomic mass is 15.2. The van der Waals surface area contributed by atoms with Crippen LogP contribution < -0.4 is 10.2 Å². The van der Waals surface area contributed by atoms with Crippen molar-refractivity contribution in [1.29, 1.82) is 0 Å². The van der Waals surface area contributed by atoms with Crippen LogP contribution in [-0.4, -0.2) is 11.5 Å². The Morgan fingerprint density at radius 1 is 0.816 bits per heavy atom. The third kappa shape index (κ3) is 10.8. The van der Waals surface area contributed by atoms with Gasteiger partial charge >= 0.3 is 0 Å². The highest BCUT2D eigenvalue weighted by Crippen LogP contribution is 2.35. The van der Waals surface area contributed by atoms with Crippen LogP contribution >= 0.6 is 0 Å². The number of hydrogen-bond acceptors (Lipinski definition) is 2. The van der Waals surface area contributed by atoms with Gasteiger partial charge in [0.05, 0.1) is 6.04 Å². The van der Waals surface area contributed by atoms with E-state index in [0.717, 1.165) is 54.0 Å². The molecule has 0 aliphatic rings. The quantitative estimate of drug-likeness (QED) is 0.132. The van der Waals surface area contributed by atoms with Crippen molar-refractivity contribution in [2.24, 2.45) is 5.92 Å². The molecule has 2 unspecified atom stereocenters. The smallest absolute Gasteiger partial charge is 0.0560 e. The van der Waals surface area contributed by atoms with Crippen LogP contribution in [0, 0.1) is 24.7 Å². The molecule has 2 N–H and O–H groups in total. The molecule has 4 aromatic carbocycles. The Hall–Kier alpha value is -4.94. The van der Waals surface area contributed by atoms with Crippen LogP contribution in [0.2, 0.25) is 0 Å². The van der Waals surface area contributed by atoms with Gasteiger partial charge in [0.2, 0.25) is 0 Å². The van der Waals surface area contributed by atoms with Gasteiger partial charge in [0.1, 0.15) is 0 Å². The summed E-state index contributed by atoms with van der Waals surface area (Å²) in [6.45, 7) is 26.7. The maximum Gasteiger partial charge on any atom is 0.0560 e. The number of anilines is 1. The molecule has 0 amide bonds. The van der Waals surface area contributed by atoms with E-state index in [0.29, 0.717) is 0 Å². The van der Waals surface area contributed by atoms with E-state index in [1.54, 1.807) is 0 Å². The Kier molecular flexibility index (Phi) is 15.5. The SMILES string of the molecule is C=C(CC(C)C(=C)N(c1cccc(C)c1)C(C)c1ccc(C#Cc2ccccc2)cc1)NCCc1c[nH]c2cc(CC)ccc12.CC.CC. The highest BCUT2D eigenvalue weighted by molar-refractivity contribution is 5.83. The molecule has 0 aliphatic heterocycles. The lowest BCUT2D eigenvalue weighted by Gasteiger charge is -2.36. The van der Waals surface area contributed by atoms with Crippen molar-refractivity contribution in [2.45, 2.75) is 80.7 Å². The van der Waals surface area contributed by atoms with Crippen LogP contribution in [0.3, 0.4) is 0 Å². The summed E-state index contributed by atoms with van der Waals surface area (Å²) in [5.41, 5.74) is 11.6. The molecule has 1 aromatic heterocycles. The highest BCUT2D eigenvalue weighted by Gasteiger charge is 2.23. The molecule has 0 radical (unpaired) electrons. The van der Waals surface area contributed by atoms with Gasteiger partial charge in [0.25, 0.3) is 0 Å². The molecular weight excluding hydrogens is 595 g/mol. The van der Waals surface area contributed by atoms with Crippen LogP contribution in [-0.2, 0) is 12.8 Å². The van der Waals surface area contributed by atoms with Crippen molar-refractivity contribution < 1.29 is 0 Å². The first-order chi connectivity index (χ1) is 23.8. The minimum absolute atomic E-state index is 0.0919. The normalized spacial score (nSPS) is 11.4. The van der Waals surface area contributed by atoms with E-state index in [4.69, 9.17) is 0 Å². The van der Waals surface area contributed by atoms with Gasteiger partial charge in [0, 0.05) is 57.8 Å². The van der Waals surface area contributed by atoms with Gasteiger partial charge in [0.15, 0.2) is 0 Å². The van der Waals surface area contributed by atoms with Gasteiger partial charge in [-0.2, -0.15) is 0 Å². The van der Waals surface area contributed by atoms with Crippen LogP contribution in [0.15, 0.2) is 128 Å². The lowest BCUT2D eigenvalue weighted by molar-refractivity contribution is 0.581. The van der Waals surface area contributed by atoms with E-state index in [9.17, 15) is 0 Å². The Morgan fingerprint density at radius 2 is 1.49 bits per heavy atom. The molecule has 2 atom stereocenters. The van der Waals surface area contributed by atoms with E-state index in [2.05, 4.69) is 141 Å². The second-order valence-corrected chi connectivity index (χ2v) is 12.0. The molecule has 1 heterocycles. The predicted octanol–water partition coefficient (Wildman–Crippen LogP) is 11.9. The topological polar surface area (TPSA) is 31.1 Å². The standard InChI is InChI=1S/C42H45N3.2C2H6/c1-7-35-20-23-41-39(29-44-42(41)28-35)24-25-43-32(4)27-31(3)33(5)45(40-15-11-12-30(2)26-40)34(6)38-21-18-37(19-22-38)17-16-36-13-9-8-10-14-36;2*1-2/h8-15,18-23,26,28-29,31,34,43-44H,4-5,7,24-25,27H2,1-3,6H3;2*1-2H3. The number of rotatable bonds is 12. The zero-order chi connectivity index (χ0) is 35.8. The summed E-state index contributed by atoms with van der Waals surface area (Å²) in [6, 6.07) is 34.2. The summed E-state index contributed by atoms with van der Waals surface area (Å²) in [4.78, 5) is 5.83. The third-order valence-electron chi connectivity index (χ3n) is 8.63. The monoisotopic (exact) mass is 651 g/mol. The van der Waals surface area contributed by atoms with Crippen molar-refractivity contribution in [3.05, 3.63) is 161 Å². The summed E-state index contributed by atoms with van der Waals surface area (Å²) >= 11 is 0. The van der Waals surface area contributed by atoms with E-state index in [1.807, 2.05) is 58.0 Å². The minimum Gasteiger partial charge on any atom is -0.388 e. The van der Waals surface area contributed by atoms with Gasteiger partial charge < -0.3 is 15.2 Å². The maximum atomic E-state index is 4.64. The zero-order valence-corrected chi connectivity index (χ0v) is 31.2. The molecule has 0 bridgehead atoms. The second-order valence-electron chi connectivity index (χ2n) is 12.0. The first kappa shape index (κ1) is 38.5. The molecule has 0 saturated carbocycles. The number of nitrogens with zero attached hydrogens (tertiary/aromatic N) is 1. The van der Waals surface area contributed by atoms with E-state index >= 15 is 0 Å². The number of allylic oxidation sites excluding steroid dienone is 2. The molecule has 256 valence electrons. The molecule has 5 rings (SSSR count). The first-order valence-electron chi connectivity index (χ1n) is 18.0. The van der Waals surface area contributed by atoms with Crippen LogP contribution in [0.5, 0.6) is 0 Å². The molecule has 0 saturated heterocycles. The average molecular weight is 652 g/mol. The number of nitrogens with one attached hydrogen (secondary N) is 2. The number of aryl methyl sites for hydroxylation is 2. The van der Waals surface area contributed by atoms with E-state index < -0.39 is 0 Å². The number of benzene rings is 4. The van der Waals surface area contributed by atoms with Crippen molar-refractivity contribution in [2.75, 3.05) is 11.4 Å². The summed E-state index contributed by atoms with van der Waals surface area (Å²) in [5, 5.41) is 4.90. The zero-order valence-electron chi connectivity index (χ0n) is 31.2. The molecule has 49 heavy (non-hydrogen) atoms. The Balaban J connectivity index is 0.00000157. The molecule has 0 spiro atoms. The summed E-state index contributed by atoms with van der Waals surface area (Å²) < 4.78 is 0. The molecule has 3 heteroatoms. The van der Waals surface area contributed by atoms with Crippen LogP contribution in [0.25, 0.3) is 10.9 Å². The van der Waals surface area contributed by atoms with Crippen molar-refractivity contribution in [3.8, 4) is 11.8 Å². The van der Waals surface area contributed by atoms with Gasteiger partial charge in [-0.3, -0.25) is 0 Å². The van der Waals surface area contributed by atoms with Crippen molar-refractivity contribution in [1.82, 2.24) is 10.3 Å². The minimum atomic E-state index is 0.0919. The molecular formula is C46H57N3. The average Bonchev–Trinajstić information content (AvgIpc) is 3.55. The lowest BCUT2D eigenvalue weighted by Crippen LogP contribution is -2.30. The van der Waals surface area contributed by atoms with E-state index in [-0.39, 0.29) is 12.0 Å². The van der Waals surface area contributed by atoms with Gasteiger partial charge in [-0.25, -0.2) is 0 Å². The fourth-order valence-electron chi connectivity index (χ4n) is 5.91. The fourth-order valence-corrected chi connectivity index (χ4v) is 5.91. The molecule has 3 nitrogen and oxygen atoms in total. The second kappa shape index (κ2) is 19.8. The first-order valence-corrected chi connectivity index (χ1v) is 18.0. The van der Waals surface area contributed by atoms with Gasteiger partial charge in [-0.05, 0) is 97.8 Å². The number of hydrogen-bond donors (Lipinski definition) is 2. The summed E-state index contributed by atoms with van der Waals surface area (Å²) in [5.74, 6) is 6.76. The predicted molar refractivity (Wildman–Crippen MR) is 215 cm³/mol. The number of aromatic amines is 1. The molecule has 0 aliphatic carbocycles. The number of H-pyrrole nitrogens is 1. The summed E-state index contributed by atoms with van der Waals surface area (Å²) in [6.07, 6.45) is 4.95. The number of aromatic nitrogens is 1. The third-order valence-corrected chi connectivity index (χ3v) is 8.63. The maximum absolute atomic E-state index is 4.64. The number of fused-ring (bicyclic) bond motifs is 1. The largest absolute Gasteiger partial charge is 0.388 e. The summed E-state index contributed by atoms with van der Waals surface area (Å²) in [7, 11) is 0. The van der Waals surface area contributed by atoms with Gasteiger partial charge in [-0.1, -0.05) is 121 Å². The molecule has 5 aromatic rings. The van der Waals surface area contributed by atoms with E-state index in [1.165, 1.54) is 33.2 Å². The van der Waals surface area contributed by atoms with Crippen LogP contribution in [0.1, 0.15) is 94.3 Å². The van der Waals surface area contributed by atoms with Crippen molar-refractivity contribution in [3.63, 3.8) is 0 Å². The Labute approximate surface area is 297 Å². The Morgan fingerprint density at radius 3 is 2.14 bits per heavy atom. The molecule has 0 fully saturated rings. The Bertz CT molecular complexity index is 1820.